The first-order valence-corrected chi connectivity index (χ1v) is 2.48. The van der Waals surface area contributed by atoms with Crippen molar-refractivity contribution in [2.45, 2.75) is 12.0 Å². The van der Waals surface area contributed by atoms with Gasteiger partial charge in [0.2, 0.25) is 0 Å². The smallest absolute Gasteiger partial charge is 0.546 e. The van der Waals surface area contributed by atoms with Crippen molar-refractivity contribution in [3.8, 4) is 6.07 Å². The van der Waals surface area contributed by atoms with Gasteiger partial charge in [0.15, 0.2) is 5.60 Å². The van der Waals surface area contributed by atoms with Crippen molar-refractivity contribution in [2.24, 2.45) is 0 Å². The van der Waals surface area contributed by atoms with E-state index in [1.807, 2.05) is 0 Å². The summed E-state index contributed by atoms with van der Waals surface area (Å²) in [5.74, 6) is -1.43. The predicted octanol–water partition coefficient (Wildman–Crippen LogP) is -4.58. The van der Waals surface area contributed by atoms with E-state index < -0.39 is 11.6 Å². The normalized spacial score (nSPS) is 29.1. The minimum Gasteiger partial charge on any atom is -0.546 e. The van der Waals surface area contributed by atoms with Crippen LogP contribution in [0.1, 0.15) is 6.42 Å². The van der Waals surface area contributed by atoms with Crippen molar-refractivity contribution in [3.63, 3.8) is 0 Å². The number of hydrogen-bond acceptors (Lipinski definition) is 4. The van der Waals surface area contributed by atoms with Crippen LogP contribution in [-0.2, 0) is 9.53 Å². The molecule has 0 bridgehead atoms. The van der Waals surface area contributed by atoms with E-state index in [1.165, 1.54) is 6.07 Å². The van der Waals surface area contributed by atoms with Crippen molar-refractivity contribution < 1.29 is 33.5 Å². The number of aliphatic carboxylic acids is 1. The Balaban J connectivity index is 0.000000810. The Bertz CT molecular complexity index is 182. The fraction of sp³-hybridized carbons (Fsp3) is 0.600. The number of carbonyl (C=O) groups excluding carboxylic acids is 1. The fourth-order valence-corrected chi connectivity index (χ4v) is 0.601. The SMILES string of the molecule is N#C[C@]1(C(=O)[O-])CCO1.[Li+]. The molecule has 0 aromatic carbocycles. The average Bonchev–Trinajstić information content (AvgIpc) is 1.62. The first-order chi connectivity index (χ1) is 4.21. The molecule has 1 aliphatic heterocycles. The second-order valence-corrected chi connectivity index (χ2v) is 1.82. The zero-order valence-electron chi connectivity index (χ0n) is 5.59. The van der Waals surface area contributed by atoms with Gasteiger partial charge in [-0.3, -0.25) is 0 Å². The van der Waals surface area contributed by atoms with Crippen molar-refractivity contribution in [1.82, 2.24) is 0 Å². The molecule has 1 fully saturated rings. The first-order valence-electron chi connectivity index (χ1n) is 2.48. The molecule has 0 radical (unpaired) electrons. The van der Waals surface area contributed by atoms with Gasteiger partial charge in [-0.15, -0.1) is 0 Å². The number of ether oxygens (including phenoxy) is 1. The van der Waals surface area contributed by atoms with Gasteiger partial charge in [0.05, 0.1) is 12.6 Å². The van der Waals surface area contributed by atoms with Crippen LogP contribution < -0.4 is 24.0 Å². The van der Waals surface area contributed by atoms with Gasteiger partial charge in [-0.05, 0) is 0 Å². The summed E-state index contributed by atoms with van der Waals surface area (Å²) in [5.41, 5.74) is -1.62. The predicted molar refractivity (Wildman–Crippen MR) is 23.9 cm³/mol. The van der Waals surface area contributed by atoms with Gasteiger partial charge in [-0.25, -0.2) is 0 Å². The maximum Gasteiger partial charge on any atom is 1.00 e. The monoisotopic (exact) mass is 133 g/mol. The number of rotatable bonds is 1. The number of carboxylic acid groups (broad SMARTS) is 1. The van der Waals surface area contributed by atoms with Crippen molar-refractivity contribution in [2.75, 3.05) is 6.61 Å². The Labute approximate surface area is 70.0 Å². The Morgan fingerprint density at radius 3 is 2.30 bits per heavy atom. The number of hydrogen-bond donors (Lipinski definition) is 0. The van der Waals surface area contributed by atoms with Gasteiger partial charge in [0.25, 0.3) is 0 Å². The molecule has 0 N–H and O–H groups in total. The summed E-state index contributed by atoms with van der Waals surface area (Å²) in [5, 5.41) is 18.3. The van der Waals surface area contributed by atoms with E-state index in [2.05, 4.69) is 4.74 Å². The van der Waals surface area contributed by atoms with Crippen LogP contribution in [0, 0.1) is 11.3 Å². The van der Waals surface area contributed by atoms with Crippen LogP contribution in [0.3, 0.4) is 0 Å². The minimum atomic E-state index is -1.62. The molecule has 1 rings (SSSR count). The number of nitrogens with zero attached hydrogens (tertiary/aromatic N) is 1. The Morgan fingerprint density at radius 1 is 1.80 bits per heavy atom. The second kappa shape index (κ2) is 3.07. The largest absolute Gasteiger partial charge is 1.00 e. The summed E-state index contributed by atoms with van der Waals surface area (Å²) >= 11 is 0. The van der Waals surface area contributed by atoms with Gasteiger partial charge in [0, 0.05) is 6.42 Å². The van der Waals surface area contributed by atoms with Crippen LogP contribution in [0.5, 0.6) is 0 Å². The van der Waals surface area contributed by atoms with E-state index in [0.717, 1.165) is 0 Å². The fourth-order valence-electron chi connectivity index (χ4n) is 0.601. The van der Waals surface area contributed by atoms with Crippen LogP contribution in [0.2, 0.25) is 0 Å². The van der Waals surface area contributed by atoms with E-state index in [9.17, 15) is 9.90 Å². The van der Waals surface area contributed by atoms with Gasteiger partial charge in [0.1, 0.15) is 6.07 Å². The molecule has 1 heterocycles. The average molecular weight is 133 g/mol. The summed E-state index contributed by atoms with van der Waals surface area (Å²) in [7, 11) is 0. The summed E-state index contributed by atoms with van der Waals surface area (Å²) in [6, 6.07) is 1.53. The molecule has 0 unspecified atom stereocenters. The van der Waals surface area contributed by atoms with Crippen molar-refractivity contribution in [1.29, 1.82) is 5.26 Å². The molecule has 48 valence electrons. The summed E-state index contributed by atoms with van der Waals surface area (Å²) < 4.78 is 4.51. The molecule has 10 heavy (non-hydrogen) atoms. The molecule has 4 nitrogen and oxygen atoms in total. The molecule has 5 heteroatoms. The third-order valence-electron chi connectivity index (χ3n) is 1.31. The third kappa shape index (κ3) is 1.17. The first kappa shape index (κ1) is 9.52. The zero-order chi connectivity index (χ0) is 6.91. The molecular weight excluding hydrogens is 129 g/mol. The van der Waals surface area contributed by atoms with E-state index >= 15 is 0 Å². The Hall–Kier alpha value is -0.483. The molecule has 0 aliphatic carbocycles. The van der Waals surface area contributed by atoms with Crippen LogP contribution in [0.25, 0.3) is 0 Å². The maximum absolute atomic E-state index is 10.1. The topological polar surface area (TPSA) is 73.2 Å². The van der Waals surface area contributed by atoms with E-state index in [-0.39, 0.29) is 25.3 Å². The van der Waals surface area contributed by atoms with Crippen LogP contribution in [0.15, 0.2) is 0 Å². The van der Waals surface area contributed by atoms with Gasteiger partial charge >= 0.3 is 18.9 Å². The molecule has 1 aliphatic rings. The van der Waals surface area contributed by atoms with Gasteiger partial charge < -0.3 is 14.6 Å². The van der Waals surface area contributed by atoms with Crippen molar-refractivity contribution >= 4 is 5.97 Å². The molecule has 0 aromatic rings. The molecule has 0 spiro atoms. The Kier molecular flexibility index (Phi) is 2.92. The molecule has 1 atom stereocenters. The summed E-state index contributed by atoms with van der Waals surface area (Å²) in [6.07, 6.45) is 0.242. The van der Waals surface area contributed by atoms with Gasteiger partial charge in [-0.2, -0.15) is 5.26 Å². The molecular formula is C5H4LiNO3. The minimum absolute atomic E-state index is 0. The molecule has 0 amide bonds. The maximum atomic E-state index is 10.1. The van der Waals surface area contributed by atoms with Crippen LogP contribution in [-0.4, -0.2) is 18.2 Å². The zero-order valence-corrected chi connectivity index (χ0v) is 5.59. The van der Waals surface area contributed by atoms with Crippen LogP contribution >= 0.6 is 0 Å². The third-order valence-corrected chi connectivity index (χ3v) is 1.31. The van der Waals surface area contributed by atoms with E-state index in [4.69, 9.17) is 5.26 Å². The van der Waals surface area contributed by atoms with E-state index in [0.29, 0.717) is 6.61 Å². The quantitative estimate of drug-likeness (QED) is 0.337. The standard InChI is InChI=1S/C5H5NO3.Li/c6-3-5(4(7)8)1-2-9-5;/h1-2H2,(H,7,8);/q;+1/p-1/t5-;/m0./s1. The van der Waals surface area contributed by atoms with Crippen LogP contribution in [0.4, 0.5) is 0 Å². The number of nitriles is 1. The number of carbonyl (C=O) groups is 1. The van der Waals surface area contributed by atoms with Gasteiger partial charge in [-0.1, -0.05) is 0 Å². The van der Waals surface area contributed by atoms with E-state index in [1.54, 1.807) is 0 Å². The Morgan fingerprint density at radius 2 is 2.30 bits per heavy atom. The number of carboxylic acids is 1. The summed E-state index contributed by atoms with van der Waals surface area (Å²) in [6.45, 7) is 0.335. The molecule has 0 saturated carbocycles. The molecule has 0 aromatic heterocycles. The second-order valence-electron chi connectivity index (χ2n) is 1.82. The van der Waals surface area contributed by atoms with Crippen molar-refractivity contribution in [3.05, 3.63) is 0 Å². The molecule has 1 saturated heterocycles. The summed E-state index contributed by atoms with van der Waals surface area (Å²) in [4.78, 5) is 10.1.